The Bertz CT molecular complexity index is 1170. The van der Waals surface area contributed by atoms with E-state index in [1.807, 2.05) is 49.3 Å². The summed E-state index contributed by atoms with van der Waals surface area (Å²) in [6, 6.07) is 12.6. The summed E-state index contributed by atoms with van der Waals surface area (Å²) >= 11 is 0. The first-order chi connectivity index (χ1) is 16.3. The van der Waals surface area contributed by atoms with Crippen molar-refractivity contribution in [2.45, 2.75) is 30.7 Å². The Morgan fingerprint density at radius 3 is 2.50 bits per heavy atom. The van der Waals surface area contributed by atoms with Crippen LogP contribution in [0.4, 0.5) is 5.69 Å². The zero-order chi connectivity index (χ0) is 24.6. The van der Waals surface area contributed by atoms with Gasteiger partial charge in [0.2, 0.25) is 6.29 Å². The lowest BCUT2D eigenvalue weighted by Crippen LogP contribution is -2.60. The Labute approximate surface area is 196 Å². The van der Waals surface area contributed by atoms with E-state index in [9.17, 15) is 25.2 Å². The molecule has 10 nitrogen and oxygen atoms in total. The highest BCUT2D eigenvalue weighted by molar-refractivity contribution is 5.96. The van der Waals surface area contributed by atoms with Gasteiger partial charge in [0.1, 0.15) is 30.2 Å². The Morgan fingerprint density at radius 2 is 1.82 bits per heavy atom. The number of methoxy groups -OCH3 is 1. The molecule has 0 bridgehead atoms. The number of benzene rings is 2. The molecule has 182 valence electrons. The van der Waals surface area contributed by atoms with Crippen molar-refractivity contribution < 1.29 is 39.4 Å². The number of para-hydroxylation sites is 1. The lowest BCUT2D eigenvalue weighted by molar-refractivity contribution is -0.277. The first kappa shape index (κ1) is 24.0. The van der Waals surface area contributed by atoms with E-state index in [1.165, 1.54) is 7.11 Å². The van der Waals surface area contributed by atoms with Crippen molar-refractivity contribution in [2.75, 3.05) is 32.7 Å². The normalized spacial score (nSPS) is 24.7. The van der Waals surface area contributed by atoms with Crippen LogP contribution in [0.15, 0.2) is 48.7 Å². The van der Waals surface area contributed by atoms with Crippen LogP contribution in [0.5, 0.6) is 5.75 Å². The maximum absolute atomic E-state index is 12.5. The fourth-order valence-corrected chi connectivity index (χ4v) is 4.01. The molecule has 0 spiro atoms. The average Bonchev–Trinajstić information content (AvgIpc) is 3.21. The highest BCUT2D eigenvalue weighted by Crippen LogP contribution is 2.35. The SMILES string of the molecule is COC(=O)c1ccc(N(C)C)cc1-n1cc(O[C@@H]2O[C@H](CO)[C@H](O)[C@H](O)[C@H]2O)c2ccccc21. The van der Waals surface area contributed by atoms with E-state index in [1.54, 1.807) is 22.9 Å². The minimum Gasteiger partial charge on any atom is -0.465 e. The molecule has 0 radical (unpaired) electrons. The van der Waals surface area contributed by atoms with Gasteiger partial charge in [-0.25, -0.2) is 4.79 Å². The number of hydrogen-bond donors (Lipinski definition) is 4. The van der Waals surface area contributed by atoms with Gasteiger partial charge in [-0.1, -0.05) is 12.1 Å². The summed E-state index contributed by atoms with van der Waals surface area (Å²) in [7, 11) is 5.09. The molecule has 0 aliphatic carbocycles. The van der Waals surface area contributed by atoms with Gasteiger partial charge in [0.15, 0.2) is 0 Å². The third kappa shape index (κ3) is 4.22. The molecule has 1 aliphatic rings. The highest BCUT2D eigenvalue weighted by atomic mass is 16.7. The van der Waals surface area contributed by atoms with Crippen molar-refractivity contribution >= 4 is 22.6 Å². The van der Waals surface area contributed by atoms with Crippen molar-refractivity contribution in [3.8, 4) is 11.4 Å². The van der Waals surface area contributed by atoms with E-state index in [0.717, 1.165) is 5.69 Å². The van der Waals surface area contributed by atoms with Crippen molar-refractivity contribution in [1.82, 2.24) is 4.57 Å². The second-order valence-corrected chi connectivity index (χ2v) is 8.28. The molecule has 0 unspecified atom stereocenters. The number of fused-ring (bicyclic) bond motifs is 1. The second-order valence-electron chi connectivity index (χ2n) is 8.28. The van der Waals surface area contributed by atoms with Crippen LogP contribution in [0, 0.1) is 0 Å². The minimum atomic E-state index is -1.56. The van der Waals surface area contributed by atoms with Crippen LogP contribution in [-0.2, 0) is 9.47 Å². The molecular weight excluding hydrogens is 444 g/mol. The molecule has 10 heteroatoms. The Kier molecular flexibility index (Phi) is 6.78. The fraction of sp³-hybridized carbons (Fsp3) is 0.375. The van der Waals surface area contributed by atoms with Gasteiger partial charge in [-0.2, -0.15) is 0 Å². The number of aromatic nitrogens is 1. The Hall–Kier alpha value is -3.15. The van der Waals surface area contributed by atoms with E-state index in [0.29, 0.717) is 27.9 Å². The predicted octanol–water partition coefficient (Wildman–Crippen LogP) is 0.662. The smallest absolute Gasteiger partial charge is 0.339 e. The molecule has 4 rings (SSSR count). The molecule has 1 fully saturated rings. The van der Waals surface area contributed by atoms with Gasteiger partial charge < -0.3 is 44.1 Å². The predicted molar refractivity (Wildman–Crippen MR) is 123 cm³/mol. The third-order valence-corrected chi connectivity index (χ3v) is 5.93. The van der Waals surface area contributed by atoms with Crippen molar-refractivity contribution in [1.29, 1.82) is 0 Å². The zero-order valence-corrected chi connectivity index (χ0v) is 19.0. The third-order valence-electron chi connectivity index (χ3n) is 5.93. The summed E-state index contributed by atoms with van der Waals surface area (Å²) in [6.07, 6.45) is -5.40. The molecular formula is C24H28N2O8. The molecule has 2 aromatic carbocycles. The number of ether oxygens (including phenoxy) is 3. The lowest BCUT2D eigenvalue weighted by atomic mass is 9.99. The van der Waals surface area contributed by atoms with Gasteiger partial charge in [0, 0.05) is 25.2 Å². The van der Waals surface area contributed by atoms with Gasteiger partial charge >= 0.3 is 5.97 Å². The van der Waals surface area contributed by atoms with E-state index in [2.05, 4.69) is 0 Å². The Morgan fingerprint density at radius 1 is 1.09 bits per heavy atom. The van der Waals surface area contributed by atoms with E-state index >= 15 is 0 Å². The van der Waals surface area contributed by atoms with Crippen LogP contribution in [0.1, 0.15) is 10.4 Å². The van der Waals surface area contributed by atoms with Crippen LogP contribution in [0.2, 0.25) is 0 Å². The van der Waals surface area contributed by atoms with Crippen molar-refractivity contribution in [3.05, 3.63) is 54.2 Å². The summed E-state index contributed by atoms with van der Waals surface area (Å²) in [4.78, 5) is 14.4. The summed E-state index contributed by atoms with van der Waals surface area (Å²) in [5.74, 6) is -0.194. The monoisotopic (exact) mass is 472 g/mol. The molecule has 5 atom stereocenters. The van der Waals surface area contributed by atoms with Gasteiger partial charge in [0.25, 0.3) is 0 Å². The van der Waals surface area contributed by atoms with E-state index in [-0.39, 0.29) is 0 Å². The molecule has 0 saturated carbocycles. The molecule has 3 aromatic rings. The summed E-state index contributed by atoms with van der Waals surface area (Å²) in [6.45, 7) is -0.563. The Balaban J connectivity index is 1.81. The van der Waals surface area contributed by atoms with Gasteiger partial charge in [-0.3, -0.25) is 0 Å². The number of aliphatic hydroxyl groups is 4. The van der Waals surface area contributed by atoms with E-state index in [4.69, 9.17) is 14.2 Å². The quantitative estimate of drug-likeness (QED) is 0.382. The van der Waals surface area contributed by atoms with Crippen LogP contribution in [0.3, 0.4) is 0 Å². The van der Waals surface area contributed by atoms with Crippen LogP contribution < -0.4 is 9.64 Å². The summed E-state index contributed by atoms with van der Waals surface area (Å²) in [5.41, 5.74) is 2.46. The maximum Gasteiger partial charge on any atom is 0.339 e. The molecule has 1 aromatic heterocycles. The molecule has 1 aliphatic heterocycles. The number of carbonyl (C=O) groups is 1. The van der Waals surface area contributed by atoms with Gasteiger partial charge in [0.05, 0.1) is 36.7 Å². The van der Waals surface area contributed by atoms with Crippen molar-refractivity contribution in [2.24, 2.45) is 0 Å². The standard InChI is InChI=1S/C24H28N2O8/c1-25(2)13-8-9-15(23(31)32-3)17(10-13)26-11-18(14-6-4-5-7-16(14)26)33-24-22(30)21(29)20(28)19(12-27)34-24/h4-11,19-22,24,27-30H,12H2,1-3H3/t19-,20+,21+,22-,24-/m1/s1. The molecule has 4 N–H and O–H groups in total. The number of anilines is 1. The van der Waals surface area contributed by atoms with Crippen LogP contribution >= 0.6 is 0 Å². The highest BCUT2D eigenvalue weighted by Gasteiger charge is 2.45. The molecule has 0 amide bonds. The van der Waals surface area contributed by atoms with Gasteiger partial charge in [-0.15, -0.1) is 0 Å². The van der Waals surface area contributed by atoms with Crippen molar-refractivity contribution in [3.63, 3.8) is 0 Å². The first-order valence-electron chi connectivity index (χ1n) is 10.7. The molecule has 1 saturated heterocycles. The topological polar surface area (TPSA) is 134 Å². The average molecular weight is 472 g/mol. The fourth-order valence-electron chi connectivity index (χ4n) is 4.01. The summed E-state index contributed by atoms with van der Waals surface area (Å²) < 4.78 is 18.2. The largest absolute Gasteiger partial charge is 0.465 e. The molecule has 2 heterocycles. The number of aliphatic hydroxyl groups excluding tert-OH is 4. The number of carbonyl (C=O) groups excluding carboxylic acids is 1. The van der Waals surface area contributed by atoms with Gasteiger partial charge in [-0.05, 0) is 30.3 Å². The number of rotatable bonds is 6. The van der Waals surface area contributed by atoms with Crippen LogP contribution in [-0.4, -0.2) is 89.5 Å². The van der Waals surface area contributed by atoms with Crippen LogP contribution in [0.25, 0.3) is 16.6 Å². The molecule has 34 heavy (non-hydrogen) atoms. The lowest BCUT2D eigenvalue weighted by Gasteiger charge is -2.39. The van der Waals surface area contributed by atoms with E-state index < -0.39 is 43.3 Å². The number of esters is 1. The minimum absolute atomic E-state index is 0.311. The maximum atomic E-state index is 12.5. The number of nitrogens with zero attached hydrogens (tertiary/aromatic N) is 2. The first-order valence-corrected chi connectivity index (χ1v) is 10.7. The summed E-state index contributed by atoms with van der Waals surface area (Å²) in [5, 5.41) is 40.7. The second kappa shape index (κ2) is 9.61. The zero-order valence-electron chi connectivity index (χ0n) is 19.0. The number of hydrogen-bond acceptors (Lipinski definition) is 9.